The Hall–Kier alpha value is -2.45. The second-order valence-corrected chi connectivity index (χ2v) is 4.01. The first-order valence-corrected chi connectivity index (χ1v) is 5.76. The van der Waals surface area contributed by atoms with Crippen molar-refractivity contribution < 1.29 is 39.5 Å². The fourth-order valence-corrected chi connectivity index (χ4v) is 1.91. The summed E-state index contributed by atoms with van der Waals surface area (Å²) in [6.45, 7) is 0. The molecule has 0 aliphatic carbocycles. The molecule has 0 aliphatic heterocycles. The molecule has 2 heterocycles. The van der Waals surface area contributed by atoms with Crippen LogP contribution in [0.25, 0.3) is 27.2 Å². The Bertz CT molecular complexity index is 901. The summed E-state index contributed by atoms with van der Waals surface area (Å²) >= 11 is 0. The van der Waals surface area contributed by atoms with Crippen LogP contribution in [0.3, 0.4) is 0 Å². The summed E-state index contributed by atoms with van der Waals surface area (Å²) < 4.78 is 1.42. The van der Waals surface area contributed by atoms with Gasteiger partial charge in [-0.3, -0.25) is 0 Å². The molecule has 0 bridgehead atoms. The molecular weight excluding hydrogens is 297 g/mol. The van der Waals surface area contributed by atoms with Crippen LogP contribution in [0.1, 0.15) is 10.4 Å². The van der Waals surface area contributed by atoms with E-state index < -0.39 is 5.97 Å². The molecule has 2 aromatic heterocycles. The maximum absolute atomic E-state index is 10.8. The second-order valence-electron chi connectivity index (χ2n) is 4.01. The summed E-state index contributed by atoms with van der Waals surface area (Å²) in [4.78, 5) is 21.6. The molecule has 1 aromatic carbocycles. The van der Waals surface area contributed by atoms with E-state index in [0.29, 0.717) is 10.9 Å². The van der Waals surface area contributed by atoms with Gasteiger partial charge in [0, 0.05) is 22.7 Å². The molecule has 0 aliphatic rings. The van der Waals surface area contributed by atoms with Gasteiger partial charge in [-0.25, -0.2) is 14.6 Å². The van der Waals surface area contributed by atoms with Crippen LogP contribution in [0.4, 0.5) is 5.82 Å². The molecular formula is C12H6N7NaO2. The van der Waals surface area contributed by atoms with Gasteiger partial charge in [-0.2, -0.15) is 5.10 Å². The number of nitrogens with zero attached hydrogens (tertiary/aromatic N) is 7. The first-order valence-electron chi connectivity index (χ1n) is 5.76. The fourth-order valence-electron chi connectivity index (χ4n) is 1.91. The van der Waals surface area contributed by atoms with Gasteiger partial charge >= 0.3 is 29.6 Å². The van der Waals surface area contributed by atoms with Gasteiger partial charge in [0.05, 0.1) is 17.7 Å². The molecule has 0 saturated heterocycles. The Morgan fingerprint density at radius 2 is 2.09 bits per heavy atom. The Labute approximate surface area is 145 Å². The minimum atomic E-state index is -1.26. The van der Waals surface area contributed by atoms with Crippen molar-refractivity contribution in [2.45, 2.75) is 0 Å². The number of benzene rings is 1. The van der Waals surface area contributed by atoms with E-state index in [1.807, 2.05) is 0 Å². The van der Waals surface area contributed by atoms with Gasteiger partial charge in [0.1, 0.15) is 0 Å². The van der Waals surface area contributed by atoms with E-state index in [1.54, 1.807) is 6.07 Å². The maximum Gasteiger partial charge on any atom is 1.00 e. The van der Waals surface area contributed by atoms with Crippen LogP contribution in [0, 0.1) is 0 Å². The first-order chi connectivity index (χ1) is 10.2. The van der Waals surface area contributed by atoms with Crippen molar-refractivity contribution in [3.8, 4) is 5.82 Å². The van der Waals surface area contributed by atoms with Crippen molar-refractivity contribution >= 4 is 22.7 Å². The molecule has 3 rings (SSSR count). The van der Waals surface area contributed by atoms with E-state index in [9.17, 15) is 9.90 Å². The van der Waals surface area contributed by atoms with Gasteiger partial charge < -0.3 is 9.90 Å². The smallest absolute Gasteiger partial charge is 0.545 e. The SMILES string of the molecule is [N-]=[N+]=Nc1nccnc1-n1ncc2cc(C(=O)[O-])ccc21.[Na+]. The number of aromatic carboxylic acids is 1. The van der Waals surface area contributed by atoms with E-state index >= 15 is 0 Å². The summed E-state index contributed by atoms with van der Waals surface area (Å²) in [7, 11) is 0. The number of hydrogen-bond acceptors (Lipinski definition) is 6. The number of carboxylic acid groups (broad SMARTS) is 1. The summed E-state index contributed by atoms with van der Waals surface area (Å²) in [5.41, 5.74) is 9.20. The third-order valence-electron chi connectivity index (χ3n) is 2.80. The summed E-state index contributed by atoms with van der Waals surface area (Å²) in [6, 6.07) is 4.42. The summed E-state index contributed by atoms with van der Waals surface area (Å²) in [5, 5.41) is 19.0. The number of carboxylic acids is 1. The molecule has 0 amide bonds. The Kier molecular flexibility index (Phi) is 4.74. The van der Waals surface area contributed by atoms with Gasteiger partial charge in [-0.05, 0) is 28.3 Å². The van der Waals surface area contributed by atoms with Crippen molar-refractivity contribution in [1.82, 2.24) is 19.7 Å². The largest absolute Gasteiger partial charge is 1.00 e. The molecule has 0 N–H and O–H groups in total. The van der Waals surface area contributed by atoms with Gasteiger partial charge in [-0.15, -0.1) is 0 Å². The van der Waals surface area contributed by atoms with Crippen molar-refractivity contribution in [3.05, 3.63) is 52.8 Å². The van der Waals surface area contributed by atoms with Crippen LogP contribution in [0.15, 0.2) is 41.9 Å². The molecule has 0 radical (unpaired) electrons. The standard InChI is InChI=1S/C12H7N7O2.Na/c13-18-17-10-11(15-4-3-14-10)19-9-2-1-7(12(20)21)5-8(9)6-16-19;/h1-6H,(H,20,21);/q;+1/p-1. The van der Waals surface area contributed by atoms with Crippen LogP contribution in [0.2, 0.25) is 0 Å². The number of carbonyl (C=O) groups is 1. The minimum Gasteiger partial charge on any atom is -0.545 e. The van der Waals surface area contributed by atoms with Crippen molar-refractivity contribution in [1.29, 1.82) is 0 Å². The number of fused-ring (bicyclic) bond motifs is 1. The fraction of sp³-hybridized carbons (Fsp3) is 0. The van der Waals surface area contributed by atoms with Crippen LogP contribution in [-0.2, 0) is 0 Å². The number of aromatic nitrogens is 4. The molecule has 0 saturated carbocycles. The van der Waals surface area contributed by atoms with Crippen LogP contribution < -0.4 is 34.7 Å². The molecule has 10 heteroatoms. The number of carbonyl (C=O) groups excluding carboxylic acids is 1. The molecule has 0 atom stereocenters. The van der Waals surface area contributed by atoms with Gasteiger partial charge in [0.25, 0.3) is 0 Å². The molecule has 22 heavy (non-hydrogen) atoms. The van der Waals surface area contributed by atoms with Crippen LogP contribution >= 0.6 is 0 Å². The van der Waals surface area contributed by atoms with Gasteiger partial charge in [-0.1, -0.05) is 6.07 Å². The maximum atomic E-state index is 10.8. The molecule has 0 spiro atoms. The van der Waals surface area contributed by atoms with Gasteiger partial charge in [0.15, 0.2) is 11.6 Å². The zero-order valence-corrected chi connectivity index (χ0v) is 13.4. The third kappa shape index (κ3) is 2.78. The molecule has 0 unspecified atom stereocenters. The Balaban J connectivity index is 0.00000176. The van der Waals surface area contributed by atoms with E-state index in [4.69, 9.17) is 5.53 Å². The minimum absolute atomic E-state index is 0. The quantitative estimate of drug-likeness (QED) is 0.242. The third-order valence-corrected chi connectivity index (χ3v) is 2.80. The molecule has 0 fully saturated rings. The average Bonchev–Trinajstić information content (AvgIpc) is 2.91. The number of hydrogen-bond donors (Lipinski definition) is 0. The van der Waals surface area contributed by atoms with Crippen molar-refractivity contribution in [2.75, 3.05) is 0 Å². The van der Waals surface area contributed by atoms with Gasteiger partial charge in [0.2, 0.25) is 0 Å². The summed E-state index contributed by atoms with van der Waals surface area (Å²) in [5.74, 6) is -0.931. The Morgan fingerprint density at radius 3 is 2.82 bits per heavy atom. The number of azide groups is 1. The first kappa shape index (κ1) is 15.9. The van der Waals surface area contributed by atoms with Crippen molar-refractivity contribution in [2.24, 2.45) is 5.11 Å². The van der Waals surface area contributed by atoms with Crippen LogP contribution in [-0.4, -0.2) is 25.7 Å². The monoisotopic (exact) mass is 303 g/mol. The number of rotatable bonds is 3. The predicted molar refractivity (Wildman–Crippen MR) is 69.8 cm³/mol. The van der Waals surface area contributed by atoms with Crippen LogP contribution in [0.5, 0.6) is 0 Å². The summed E-state index contributed by atoms with van der Waals surface area (Å²) in [6.07, 6.45) is 4.32. The zero-order valence-electron chi connectivity index (χ0n) is 11.4. The van der Waals surface area contributed by atoms with E-state index in [2.05, 4.69) is 25.1 Å². The molecule has 9 nitrogen and oxygen atoms in total. The van der Waals surface area contributed by atoms with E-state index in [-0.39, 0.29) is 46.8 Å². The Morgan fingerprint density at radius 1 is 1.32 bits per heavy atom. The molecule has 102 valence electrons. The predicted octanol–water partition coefficient (Wildman–Crippen LogP) is -1.88. The normalized spacial score (nSPS) is 9.82. The van der Waals surface area contributed by atoms with E-state index in [1.165, 1.54) is 35.4 Å². The second kappa shape index (κ2) is 6.54. The zero-order chi connectivity index (χ0) is 14.8. The van der Waals surface area contributed by atoms with E-state index in [0.717, 1.165) is 0 Å². The topological polar surface area (TPSA) is 132 Å². The average molecular weight is 303 g/mol. The van der Waals surface area contributed by atoms with Crippen molar-refractivity contribution in [3.63, 3.8) is 0 Å². The molecule has 3 aromatic rings.